The molecule has 3 rings (SSSR count). The molecule has 0 aliphatic heterocycles. The summed E-state index contributed by atoms with van der Waals surface area (Å²) in [5, 5.41) is 0. The molecule has 2 aromatic rings. The average Bonchev–Trinajstić information content (AvgIpc) is 2.60. The Morgan fingerprint density at radius 2 is 1.56 bits per heavy atom. The number of rotatable bonds is 5. The van der Waals surface area contributed by atoms with Gasteiger partial charge in [-0.1, -0.05) is 67.6 Å². The van der Waals surface area contributed by atoms with Gasteiger partial charge in [0.15, 0.2) is 5.78 Å². The molecular formula is C20H19F3O2. The van der Waals surface area contributed by atoms with Crippen molar-refractivity contribution in [2.75, 3.05) is 0 Å². The number of Topliss-reactive ketones (excluding diaryl/α,β-unsaturated/α-hetero) is 1. The van der Waals surface area contributed by atoms with Crippen LogP contribution in [0.3, 0.4) is 0 Å². The number of hydrogen-bond acceptors (Lipinski definition) is 2. The van der Waals surface area contributed by atoms with Crippen molar-refractivity contribution in [2.24, 2.45) is 11.8 Å². The number of alkyl halides is 3. The number of hydrogen-bond donors (Lipinski definition) is 0. The topological polar surface area (TPSA) is 26.3 Å². The molecule has 0 saturated heterocycles. The predicted molar refractivity (Wildman–Crippen MR) is 87.9 cm³/mol. The van der Waals surface area contributed by atoms with Crippen LogP contribution >= 0.6 is 0 Å². The maximum atomic E-state index is 13.5. The van der Waals surface area contributed by atoms with Gasteiger partial charge in [0.25, 0.3) is 0 Å². The maximum Gasteiger partial charge on any atom is 0.395 e. The zero-order chi connectivity index (χ0) is 18.0. The second kappa shape index (κ2) is 7.00. The standard InChI is InChI=1S/C20H19F3O2/c1-13(15-10-6-3-7-11-15)16-17(20(21,22)23)19(18(16)24)25-12-14-8-4-2-5-9-14/h2-11,13,16-17,19H,12H2,1H3/t13-,16?,17+,19+/m0/s1. The van der Waals surface area contributed by atoms with Gasteiger partial charge in [-0.15, -0.1) is 0 Å². The second-order valence-corrected chi connectivity index (χ2v) is 6.41. The Morgan fingerprint density at radius 3 is 2.12 bits per heavy atom. The van der Waals surface area contributed by atoms with Crippen LogP contribution in [0.1, 0.15) is 24.0 Å². The largest absolute Gasteiger partial charge is 0.395 e. The highest BCUT2D eigenvalue weighted by atomic mass is 19.4. The highest BCUT2D eigenvalue weighted by Gasteiger charge is 2.64. The fraction of sp³-hybridized carbons (Fsp3) is 0.350. The summed E-state index contributed by atoms with van der Waals surface area (Å²) in [7, 11) is 0. The molecule has 1 aliphatic rings. The van der Waals surface area contributed by atoms with Crippen molar-refractivity contribution in [3.63, 3.8) is 0 Å². The van der Waals surface area contributed by atoms with E-state index in [2.05, 4.69) is 0 Å². The maximum absolute atomic E-state index is 13.5. The third kappa shape index (κ3) is 3.61. The fourth-order valence-corrected chi connectivity index (χ4v) is 3.46. The van der Waals surface area contributed by atoms with E-state index < -0.39 is 35.8 Å². The molecule has 25 heavy (non-hydrogen) atoms. The Labute approximate surface area is 144 Å². The first-order valence-corrected chi connectivity index (χ1v) is 8.20. The molecule has 1 saturated carbocycles. The van der Waals surface area contributed by atoms with Gasteiger partial charge >= 0.3 is 6.18 Å². The Kier molecular flexibility index (Phi) is 4.95. The van der Waals surface area contributed by atoms with Crippen LogP contribution in [0.4, 0.5) is 13.2 Å². The Balaban J connectivity index is 1.76. The van der Waals surface area contributed by atoms with Crippen molar-refractivity contribution in [2.45, 2.75) is 31.7 Å². The predicted octanol–water partition coefficient (Wildman–Crippen LogP) is 4.75. The van der Waals surface area contributed by atoms with Crippen LogP contribution in [0.2, 0.25) is 0 Å². The van der Waals surface area contributed by atoms with E-state index in [9.17, 15) is 18.0 Å². The molecule has 0 N–H and O–H groups in total. The van der Waals surface area contributed by atoms with Crippen LogP contribution in [0.5, 0.6) is 0 Å². The van der Waals surface area contributed by atoms with Gasteiger partial charge < -0.3 is 4.74 Å². The summed E-state index contributed by atoms with van der Waals surface area (Å²) in [5.41, 5.74) is 1.48. The smallest absolute Gasteiger partial charge is 0.365 e. The summed E-state index contributed by atoms with van der Waals surface area (Å²) in [4.78, 5) is 12.4. The molecule has 0 aromatic heterocycles. The quantitative estimate of drug-likeness (QED) is 0.779. The van der Waals surface area contributed by atoms with E-state index in [4.69, 9.17) is 4.74 Å². The molecule has 132 valence electrons. The van der Waals surface area contributed by atoms with Crippen molar-refractivity contribution in [3.05, 3.63) is 71.8 Å². The van der Waals surface area contributed by atoms with Crippen LogP contribution in [-0.2, 0) is 16.1 Å². The van der Waals surface area contributed by atoms with Gasteiger partial charge in [0.1, 0.15) is 6.10 Å². The third-order valence-electron chi connectivity index (χ3n) is 4.84. The Bertz CT molecular complexity index is 713. The van der Waals surface area contributed by atoms with Crippen LogP contribution in [0, 0.1) is 11.8 Å². The lowest BCUT2D eigenvalue weighted by atomic mass is 9.62. The molecule has 1 fully saturated rings. The normalized spacial score (nSPS) is 24.6. The minimum absolute atomic E-state index is 0.00371. The van der Waals surface area contributed by atoms with Crippen molar-refractivity contribution >= 4 is 5.78 Å². The zero-order valence-corrected chi connectivity index (χ0v) is 13.7. The van der Waals surface area contributed by atoms with Gasteiger partial charge in [-0.2, -0.15) is 13.2 Å². The second-order valence-electron chi connectivity index (χ2n) is 6.41. The zero-order valence-electron chi connectivity index (χ0n) is 13.7. The number of ketones is 1. The highest BCUT2D eigenvalue weighted by molar-refractivity contribution is 5.93. The van der Waals surface area contributed by atoms with E-state index in [-0.39, 0.29) is 6.61 Å². The first-order valence-electron chi connectivity index (χ1n) is 8.20. The van der Waals surface area contributed by atoms with Crippen LogP contribution < -0.4 is 0 Å². The summed E-state index contributed by atoms with van der Waals surface area (Å²) < 4.78 is 46.0. The average molecular weight is 348 g/mol. The van der Waals surface area contributed by atoms with Crippen molar-refractivity contribution in [1.82, 2.24) is 0 Å². The first-order chi connectivity index (χ1) is 11.9. The summed E-state index contributed by atoms with van der Waals surface area (Å²) in [5.74, 6) is -3.83. The van der Waals surface area contributed by atoms with Gasteiger partial charge in [0.05, 0.1) is 12.5 Å². The van der Waals surface area contributed by atoms with E-state index in [0.29, 0.717) is 0 Å². The Hall–Kier alpha value is -2.14. The van der Waals surface area contributed by atoms with Gasteiger partial charge in [-0.05, 0) is 17.0 Å². The summed E-state index contributed by atoms with van der Waals surface area (Å²) in [6, 6.07) is 17.7. The van der Waals surface area contributed by atoms with Gasteiger partial charge in [0.2, 0.25) is 0 Å². The molecule has 0 radical (unpaired) electrons. The lowest BCUT2D eigenvalue weighted by Crippen LogP contribution is -2.60. The number of carbonyl (C=O) groups is 1. The highest BCUT2D eigenvalue weighted by Crippen LogP contribution is 2.50. The van der Waals surface area contributed by atoms with E-state index in [1.54, 1.807) is 61.5 Å². The molecule has 0 spiro atoms. The Morgan fingerprint density at radius 1 is 1.00 bits per heavy atom. The number of benzene rings is 2. The van der Waals surface area contributed by atoms with Crippen LogP contribution in [-0.4, -0.2) is 18.1 Å². The molecule has 5 heteroatoms. The van der Waals surface area contributed by atoms with Gasteiger partial charge in [0, 0.05) is 5.92 Å². The van der Waals surface area contributed by atoms with Crippen LogP contribution in [0.15, 0.2) is 60.7 Å². The molecule has 4 atom stereocenters. The van der Waals surface area contributed by atoms with Crippen molar-refractivity contribution in [1.29, 1.82) is 0 Å². The molecule has 2 aromatic carbocycles. The number of halogens is 3. The number of carbonyl (C=O) groups excluding carboxylic acids is 1. The van der Waals surface area contributed by atoms with E-state index in [1.165, 1.54) is 0 Å². The monoisotopic (exact) mass is 348 g/mol. The molecule has 0 amide bonds. The number of ether oxygens (including phenoxy) is 1. The van der Waals surface area contributed by atoms with Gasteiger partial charge in [-0.25, -0.2) is 0 Å². The SMILES string of the molecule is C[C@@H](c1ccccc1)C1C(=O)[C@H](OCc2ccccc2)[C@@H]1C(F)(F)F. The molecule has 0 bridgehead atoms. The minimum atomic E-state index is -4.47. The molecular weight excluding hydrogens is 329 g/mol. The lowest BCUT2D eigenvalue weighted by Gasteiger charge is -2.46. The van der Waals surface area contributed by atoms with Crippen molar-refractivity contribution in [3.8, 4) is 0 Å². The summed E-state index contributed by atoms with van der Waals surface area (Å²) in [6.45, 7) is 1.67. The molecule has 0 heterocycles. The molecule has 1 aliphatic carbocycles. The van der Waals surface area contributed by atoms with Crippen molar-refractivity contribution < 1.29 is 22.7 Å². The van der Waals surface area contributed by atoms with Crippen LogP contribution in [0.25, 0.3) is 0 Å². The minimum Gasteiger partial charge on any atom is -0.365 e. The van der Waals surface area contributed by atoms with E-state index >= 15 is 0 Å². The fourth-order valence-electron chi connectivity index (χ4n) is 3.46. The molecule has 2 nitrogen and oxygen atoms in total. The third-order valence-corrected chi connectivity index (χ3v) is 4.84. The van der Waals surface area contributed by atoms with Gasteiger partial charge in [-0.3, -0.25) is 4.79 Å². The van der Waals surface area contributed by atoms with E-state index in [0.717, 1.165) is 11.1 Å². The lowest BCUT2D eigenvalue weighted by molar-refractivity contribution is -0.250. The van der Waals surface area contributed by atoms with E-state index in [1.807, 2.05) is 6.07 Å². The summed E-state index contributed by atoms with van der Waals surface area (Å²) in [6.07, 6.45) is -5.89. The first kappa shape index (κ1) is 17.7. The summed E-state index contributed by atoms with van der Waals surface area (Å²) >= 11 is 0. The molecule has 1 unspecified atom stereocenters.